The monoisotopic (exact) mass is 251 g/mol. The predicted octanol–water partition coefficient (Wildman–Crippen LogP) is 2.21. The number of hydrogen-bond donors (Lipinski definition) is 1. The molecule has 1 aliphatic rings. The second-order valence-electron chi connectivity index (χ2n) is 4.45. The summed E-state index contributed by atoms with van der Waals surface area (Å²) >= 11 is 0. The summed E-state index contributed by atoms with van der Waals surface area (Å²) in [5.74, 6) is 0. The smallest absolute Gasteiger partial charge is 0.261 e. The standard InChI is InChI=1S/C12H23F2NO2/c1-15-10(6-8-16-9-12(13)14)4-5-11-3-2-7-17-11/h10-12,15H,2-9H2,1H3. The van der Waals surface area contributed by atoms with Gasteiger partial charge in [0.1, 0.15) is 6.61 Å². The second-order valence-corrected chi connectivity index (χ2v) is 4.45. The molecule has 2 unspecified atom stereocenters. The third kappa shape index (κ3) is 6.91. The van der Waals surface area contributed by atoms with Crippen LogP contribution in [0.2, 0.25) is 0 Å². The average Bonchev–Trinajstić information content (AvgIpc) is 2.81. The average molecular weight is 251 g/mol. The fourth-order valence-corrected chi connectivity index (χ4v) is 2.09. The van der Waals surface area contributed by atoms with E-state index in [0.29, 0.717) is 18.8 Å². The molecule has 3 nitrogen and oxygen atoms in total. The predicted molar refractivity (Wildman–Crippen MR) is 62.5 cm³/mol. The molecule has 0 aromatic rings. The highest BCUT2D eigenvalue weighted by Gasteiger charge is 2.17. The van der Waals surface area contributed by atoms with Crippen LogP contribution in [0.25, 0.3) is 0 Å². The zero-order valence-corrected chi connectivity index (χ0v) is 10.5. The summed E-state index contributed by atoms with van der Waals surface area (Å²) in [6, 6.07) is 0.330. The van der Waals surface area contributed by atoms with Gasteiger partial charge >= 0.3 is 0 Å². The van der Waals surface area contributed by atoms with E-state index in [1.165, 1.54) is 0 Å². The van der Waals surface area contributed by atoms with Crippen molar-refractivity contribution in [2.45, 2.75) is 50.7 Å². The van der Waals surface area contributed by atoms with E-state index >= 15 is 0 Å². The van der Waals surface area contributed by atoms with E-state index < -0.39 is 13.0 Å². The Labute approximate surface area is 102 Å². The molecule has 17 heavy (non-hydrogen) atoms. The zero-order valence-electron chi connectivity index (χ0n) is 10.5. The van der Waals surface area contributed by atoms with Crippen molar-refractivity contribution in [1.82, 2.24) is 5.32 Å². The molecule has 5 heteroatoms. The first-order chi connectivity index (χ1) is 8.22. The van der Waals surface area contributed by atoms with E-state index in [2.05, 4.69) is 5.32 Å². The van der Waals surface area contributed by atoms with E-state index in [0.717, 1.165) is 38.7 Å². The Morgan fingerprint density at radius 1 is 1.41 bits per heavy atom. The van der Waals surface area contributed by atoms with Crippen molar-refractivity contribution in [1.29, 1.82) is 0 Å². The quantitative estimate of drug-likeness (QED) is 0.637. The van der Waals surface area contributed by atoms with E-state index in [9.17, 15) is 8.78 Å². The zero-order chi connectivity index (χ0) is 12.5. The van der Waals surface area contributed by atoms with Gasteiger partial charge in [-0.15, -0.1) is 0 Å². The van der Waals surface area contributed by atoms with Crippen LogP contribution in [0, 0.1) is 0 Å². The van der Waals surface area contributed by atoms with Crippen LogP contribution in [0.1, 0.15) is 32.1 Å². The first kappa shape index (κ1) is 14.8. The fraction of sp³-hybridized carbons (Fsp3) is 1.00. The van der Waals surface area contributed by atoms with Gasteiger partial charge in [-0.25, -0.2) is 8.78 Å². The first-order valence-electron chi connectivity index (χ1n) is 6.37. The number of alkyl halides is 2. The molecule has 0 spiro atoms. The van der Waals surface area contributed by atoms with Gasteiger partial charge in [0.2, 0.25) is 0 Å². The van der Waals surface area contributed by atoms with Gasteiger partial charge in [-0.2, -0.15) is 0 Å². The Hall–Kier alpha value is -0.260. The van der Waals surface area contributed by atoms with Crippen LogP contribution in [0.5, 0.6) is 0 Å². The topological polar surface area (TPSA) is 30.5 Å². The summed E-state index contributed by atoms with van der Waals surface area (Å²) in [6.45, 7) is 0.815. The first-order valence-corrected chi connectivity index (χ1v) is 6.37. The van der Waals surface area contributed by atoms with Crippen molar-refractivity contribution in [3.8, 4) is 0 Å². The Balaban J connectivity index is 2.02. The largest absolute Gasteiger partial charge is 0.378 e. The van der Waals surface area contributed by atoms with Gasteiger partial charge in [0, 0.05) is 19.3 Å². The number of halogens is 2. The lowest BCUT2D eigenvalue weighted by Gasteiger charge is -2.18. The van der Waals surface area contributed by atoms with Crippen LogP contribution < -0.4 is 5.32 Å². The molecule has 1 rings (SSSR count). The van der Waals surface area contributed by atoms with Crippen molar-refractivity contribution in [2.75, 3.05) is 26.9 Å². The van der Waals surface area contributed by atoms with Crippen molar-refractivity contribution < 1.29 is 18.3 Å². The summed E-state index contributed by atoms with van der Waals surface area (Å²) in [7, 11) is 1.90. The maximum atomic E-state index is 11.8. The highest BCUT2D eigenvalue weighted by atomic mass is 19.3. The molecule has 0 bridgehead atoms. The maximum absolute atomic E-state index is 11.8. The van der Waals surface area contributed by atoms with Crippen LogP contribution in [-0.4, -0.2) is 45.4 Å². The molecule has 2 atom stereocenters. The molecule has 1 aliphatic heterocycles. The lowest BCUT2D eigenvalue weighted by molar-refractivity contribution is 0.0139. The van der Waals surface area contributed by atoms with E-state index in [-0.39, 0.29) is 0 Å². The Morgan fingerprint density at radius 3 is 2.82 bits per heavy atom. The number of hydrogen-bond acceptors (Lipinski definition) is 3. The van der Waals surface area contributed by atoms with Crippen molar-refractivity contribution in [3.05, 3.63) is 0 Å². The van der Waals surface area contributed by atoms with Gasteiger partial charge in [0.25, 0.3) is 6.43 Å². The van der Waals surface area contributed by atoms with E-state index in [1.807, 2.05) is 7.05 Å². The van der Waals surface area contributed by atoms with Crippen molar-refractivity contribution >= 4 is 0 Å². The van der Waals surface area contributed by atoms with Crippen LogP contribution in [0.15, 0.2) is 0 Å². The molecule has 0 aromatic carbocycles. The SMILES string of the molecule is CNC(CCOCC(F)F)CCC1CCCO1. The summed E-state index contributed by atoms with van der Waals surface area (Å²) in [5.41, 5.74) is 0. The van der Waals surface area contributed by atoms with Crippen molar-refractivity contribution in [2.24, 2.45) is 0 Å². The fourth-order valence-electron chi connectivity index (χ4n) is 2.09. The normalized spacial score (nSPS) is 22.2. The highest BCUT2D eigenvalue weighted by molar-refractivity contribution is 4.71. The maximum Gasteiger partial charge on any atom is 0.261 e. The molecule has 1 N–H and O–H groups in total. The third-order valence-electron chi connectivity index (χ3n) is 3.12. The number of ether oxygens (including phenoxy) is 2. The second kappa shape index (κ2) is 8.78. The molecule has 0 radical (unpaired) electrons. The van der Waals surface area contributed by atoms with Gasteiger partial charge in [-0.05, 0) is 39.2 Å². The van der Waals surface area contributed by atoms with Gasteiger partial charge < -0.3 is 14.8 Å². The van der Waals surface area contributed by atoms with Gasteiger partial charge in [-0.1, -0.05) is 0 Å². The van der Waals surface area contributed by atoms with E-state index in [1.54, 1.807) is 0 Å². The minimum Gasteiger partial charge on any atom is -0.378 e. The number of nitrogens with one attached hydrogen (secondary N) is 1. The van der Waals surface area contributed by atoms with Crippen LogP contribution in [0.4, 0.5) is 8.78 Å². The minimum atomic E-state index is -2.37. The van der Waals surface area contributed by atoms with Crippen LogP contribution in [0.3, 0.4) is 0 Å². The third-order valence-corrected chi connectivity index (χ3v) is 3.12. The summed E-state index contributed by atoms with van der Waals surface area (Å²) in [5, 5.41) is 3.19. The van der Waals surface area contributed by atoms with Gasteiger partial charge in [-0.3, -0.25) is 0 Å². The molecular weight excluding hydrogens is 228 g/mol. The summed E-state index contributed by atoms with van der Waals surface area (Å²) in [6.07, 6.45) is 3.17. The van der Waals surface area contributed by atoms with Crippen LogP contribution in [-0.2, 0) is 9.47 Å². The minimum absolute atomic E-state index is 0.330. The van der Waals surface area contributed by atoms with Gasteiger partial charge in [0.15, 0.2) is 0 Å². The van der Waals surface area contributed by atoms with Crippen LogP contribution >= 0.6 is 0 Å². The lowest BCUT2D eigenvalue weighted by Crippen LogP contribution is -2.28. The molecule has 0 aromatic heterocycles. The Bertz CT molecular complexity index is 187. The molecule has 1 fully saturated rings. The van der Waals surface area contributed by atoms with Crippen molar-refractivity contribution in [3.63, 3.8) is 0 Å². The molecule has 0 saturated carbocycles. The molecular formula is C12H23F2NO2. The molecule has 102 valence electrons. The molecule has 0 aliphatic carbocycles. The molecule has 1 heterocycles. The van der Waals surface area contributed by atoms with E-state index in [4.69, 9.17) is 9.47 Å². The molecule has 0 amide bonds. The van der Waals surface area contributed by atoms with Gasteiger partial charge in [0.05, 0.1) is 6.10 Å². The Morgan fingerprint density at radius 2 is 2.24 bits per heavy atom. The summed E-state index contributed by atoms with van der Waals surface area (Å²) < 4.78 is 34.1. The Kier molecular flexibility index (Phi) is 7.64. The number of rotatable bonds is 9. The highest BCUT2D eigenvalue weighted by Crippen LogP contribution is 2.18. The lowest BCUT2D eigenvalue weighted by atomic mass is 10.0. The summed E-state index contributed by atoms with van der Waals surface area (Å²) in [4.78, 5) is 0. The molecule has 1 saturated heterocycles.